The monoisotopic (exact) mass is 383 g/mol. The SMILES string of the molecule is CN(C(=O)c1cccc(-n2cccn2)n1)C1CC2CCC(C1)N2.Cl.Cl. The van der Waals surface area contributed by atoms with Crippen molar-refractivity contribution < 1.29 is 4.79 Å². The molecule has 8 heteroatoms. The molecule has 0 saturated carbocycles. The Balaban J connectivity index is 0.00000113. The Bertz CT molecular complexity index is 697. The van der Waals surface area contributed by atoms with E-state index >= 15 is 0 Å². The largest absolute Gasteiger partial charge is 0.337 e. The second-order valence-corrected chi connectivity index (χ2v) is 6.51. The normalized spacial score (nSPS) is 24.1. The summed E-state index contributed by atoms with van der Waals surface area (Å²) < 4.78 is 1.67. The summed E-state index contributed by atoms with van der Waals surface area (Å²) in [6.45, 7) is 0. The summed E-state index contributed by atoms with van der Waals surface area (Å²) >= 11 is 0. The average molecular weight is 384 g/mol. The van der Waals surface area contributed by atoms with Gasteiger partial charge < -0.3 is 10.2 Å². The third kappa shape index (κ3) is 3.97. The summed E-state index contributed by atoms with van der Waals surface area (Å²) in [5.74, 6) is 0.657. The van der Waals surface area contributed by atoms with Crippen LogP contribution in [0.1, 0.15) is 36.2 Å². The van der Waals surface area contributed by atoms with Gasteiger partial charge in [-0.2, -0.15) is 5.10 Å². The third-order valence-corrected chi connectivity index (χ3v) is 5.01. The first-order valence-electron chi connectivity index (χ1n) is 8.21. The predicted octanol–water partition coefficient (Wildman–Crippen LogP) is 2.47. The molecule has 0 aliphatic carbocycles. The highest BCUT2D eigenvalue weighted by atomic mass is 35.5. The molecule has 2 aliphatic heterocycles. The summed E-state index contributed by atoms with van der Waals surface area (Å²) in [7, 11) is 1.90. The number of piperidine rings is 1. The third-order valence-electron chi connectivity index (χ3n) is 5.01. The quantitative estimate of drug-likeness (QED) is 0.883. The summed E-state index contributed by atoms with van der Waals surface area (Å²) in [6.07, 6.45) is 8.07. The number of nitrogens with zero attached hydrogens (tertiary/aromatic N) is 4. The van der Waals surface area contributed by atoms with E-state index in [9.17, 15) is 4.79 Å². The van der Waals surface area contributed by atoms with E-state index in [1.54, 1.807) is 16.9 Å². The fourth-order valence-corrected chi connectivity index (χ4v) is 3.76. The zero-order valence-electron chi connectivity index (χ0n) is 14.0. The van der Waals surface area contributed by atoms with Crippen LogP contribution in [0.3, 0.4) is 0 Å². The first kappa shape index (κ1) is 19.7. The van der Waals surface area contributed by atoms with E-state index in [1.165, 1.54) is 12.8 Å². The highest BCUT2D eigenvalue weighted by Crippen LogP contribution is 2.29. The summed E-state index contributed by atoms with van der Waals surface area (Å²) in [6, 6.07) is 8.77. The van der Waals surface area contributed by atoms with Crippen molar-refractivity contribution in [1.82, 2.24) is 25.0 Å². The number of amides is 1. The minimum absolute atomic E-state index is 0. The smallest absolute Gasteiger partial charge is 0.272 e. The van der Waals surface area contributed by atoms with E-state index in [2.05, 4.69) is 15.4 Å². The van der Waals surface area contributed by atoms with Crippen molar-refractivity contribution >= 4 is 30.7 Å². The molecule has 4 heterocycles. The Morgan fingerprint density at radius 1 is 1.20 bits per heavy atom. The van der Waals surface area contributed by atoms with Gasteiger partial charge in [0, 0.05) is 37.6 Å². The minimum atomic E-state index is -0.00898. The van der Waals surface area contributed by atoms with Crippen LogP contribution in [-0.4, -0.2) is 50.7 Å². The molecule has 25 heavy (non-hydrogen) atoms. The number of nitrogens with one attached hydrogen (secondary N) is 1. The molecule has 0 aromatic carbocycles. The highest BCUT2D eigenvalue weighted by molar-refractivity contribution is 5.92. The first-order chi connectivity index (χ1) is 11.2. The first-order valence-corrected chi connectivity index (χ1v) is 8.21. The fourth-order valence-electron chi connectivity index (χ4n) is 3.76. The zero-order chi connectivity index (χ0) is 15.8. The number of aromatic nitrogens is 3. The maximum Gasteiger partial charge on any atom is 0.272 e. The molecule has 4 rings (SSSR count). The van der Waals surface area contributed by atoms with E-state index in [0.29, 0.717) is 29.6 Å². The molecule has 2 saturated heterocycles. The topological polar surface area (TPSA) is 63.1 Å². The lowest BCUT2D eigenvalue weighted by atomic mass is 9.98. The Kier molecular flexibility index (Phi) is 6.43. The Labute approximate surface area is 159 Å². The summed E-state index contributed by atoms with van der Waals surface area (Å²) in [5, 5.41) is 7.79. The van der Waals surface area contributed by atoms with Crippen molar-refractivity contribution in [3.63, 3.8) is 0 Å². The molecule has 2 bridgehead atoms. The maximum absolute atomic E-state index is 12.8. The van der Waals surface area contributed by atoms with Crippen LogP contribution in [0.15, 0.2) is 36.7 Å². The molecule has 2 atom stereocenters. The molecule has 2 unspecified atom stereocenters. The maximum atomic E-state index is 12.8. The van der Waals surface area contributed by atoms with Gasteiger partial charge in [0.05, 0.1) is 0 Å². The number of carbonyl (C=O) groups is 1. The lowest BCUT2D eigenvalue weighted by Gasteiger charge is -2.35. The number of halogens is 2. The van der Waals surface area contributed by atoms with Crippen LogP contribution < -0.4 is 5.32 Å². The van der Waals surface area contributed by atoms with Crippen molar-refractivity contribution in [2.24, 2.45) is 0 Å². The number of hydrogen-bond donors (Lipinski definition) is 1. The second kappa shape index (κ2) is 8.17. The number of fused-ring (bicyclic) bond motifs is 2. The Hall–Kier alpha value is -1.63. The van der Waals surface area contributed by atoms with Crippen molar-refractivity contribution in [2.75, 3.05) is 7.05 Å². The molecule has 2 aromatic rings. The van der Waals surface area contributed by atoms with Gasteiger partial charge >= 0.3 is 0 Å². The molecule has 0 spiro atoms. The van der Waals surface area contributed by atoms with Crippen LogP contribution >= 0.6 is 24.8 Å². The number of rotatable bonds is 3. The fraction of sp³-hybridized carbons (Fsp3) is 0.471. The molecule has 0 radical (unpaired) electrons. The van der Waals surface area contributed by atoms with Gasteiger partial charge in [0.2, 0.25) is 0 Å². The van der Waals surface area contributed by atoms with E-state index in [0.717, 1.165) is 12.8 Å². The summed E-state index contributed by atoms with van der Waals surface area (Å²) in [5.41, 5.74) is 0.478. The van der Waals surface area contributed by atoms with Crippen LogP contribution in [0.25, 0.3) is 5.82 Å². The molecular formula is C17H23Cl2N5O. The van der Waals surface area contributed by atoms with Crippen LogP contribution in [0.2, 0.25) is 0 Å². The lowest BCUT2D eigenvalue weighted by molar-refractivity contribution is 0.0675. The molecule has 2 aliphatic rings. The standard InChI is InChI=1S/C17H21N5O.2ClH/c1-21(14-10-12-6-7-13(11-14)19-12)17(23)15-4-2-5-16(20-15)22-9-3-8-18-22;;/h2-5,8-9,12-14,19H,6-7,10-11H2,1H3;2*1H. The van der Waals surface area contributed by atoms with E-state index in [1.807, 2.05) is 36.3 Å². The average Bonchev–Trinajstić information content (AvgIpc) is 3.23. The Morgan fingerprint density at radius 2 is 1.92 bits per heavy atom. The van der Waals surface area contributed by atoms with E-state index in [4.69, 9.17) is 0 Å². The molecule has 1 N–H and O–H groups in total. The van der Waals surface area contributed by atoms with Gasteiger partial charge in [-0.05, 0) is 43.9 Å². The van der Waals surface area contributed by atoms with Gasteiger partial charge in [-0.3, -0.25) is 4.79 Å². The van der Waals surface area contributed by atoms with Crippen LogP contribution in [0.5, 0.6) is 0 Å². The van der Waals surface area contributed by atoms with Gasteiger partial charge in [-0.1, -0.05) is 6.07 Å². The van der Waals surface area contributed by atoms with Crippen molar-refractivity contribution in [1.29, 1.82) is 0 Å². The van der Waals surface area contributed by atoms with Gasteiger partial charge in [-0.25, -0.2) is 9.67 Å². The second-order valence-electron chi connectivity index (χ2n) is 6.51. The van der Waals surface area contributed by atoms with Crippen LogP contribution in [-0.2, 0) is 0 Å². The molecule has 136 valence electrons. The molecule has 2 fully saturated rings. The van der Waals surface area contributed by atoms with Gasteiger partial charge in [0.15, 0.2) is 5.82 Å². The van der Waals surface area contributed by atoms with Crippen molar-refractivity contribution in [2.45, 2.75) is 43.8 Å². The minimum Gasteiger partial charge on any atom is -0.337 e. The predicted molar refractivity (Wildman–Crippen MR) is 101 cm³/mol. The van der Waals surface area contributed by atoms with Gasteiger partial charge in [0.1, 0.15) is 5.69 Å². The number of hydrogen-bond acceptors (Lipinski definition) is 4. The molecule has 2 aromatic heterocycles. The summed E-state index contributed by atoms with van der Waals surface area (Å²) in [4.78, 5) is 19.2. The van der Waals surface area contributed by atoms with Crippen molar-refractivity contribution in [3.8, 4) is 5.82 Å². The molecule has 1 amide bonds. The number of pyridine rings is 1. The van der Waals surface area contributed by atoms with Gasteiger partial charge in [-0.15, -0.1) is 24.8 Å². The van der Waals surface area contributed by atoms with Crippen LogP contribution in [0, 0.1) is 0 Å². The van der Waals surface area contributed by atoms with Crippen molar-refractivity contribution in [3.05, 3.63) is 42.4 Å². The Morgan fingerprint density at radius 3 is 2.56 bits per heavy atom. The van der Waals surface area contributed by atoms with Crippen LogP contribution in [0.4, 0.5) is 0 Å². The number of carbonyl (C=O) groups excluding carboxylic acids is 1. The zero-order valence-corrected chi connectivity index (χ0v) is 15.7. The van der Waals surface area contributed by atoms with Gasteiger partial charge in [0.25, 0.3) is 5.91 Å². The lowest BCUT2D eigenvalue weighted by Crippen LogP contribution is -2.48. The van der Waals surface area contributed by atoms with E-state index in [-0.39, 0.29) is 30.7 Å². The molecule has 6 nitrogen and oxygen atoms in total. The van der Waals surface area contributed by atoms with E-state index < -0.39 is 0 Å². The molecular weight excluding hydrogens is 361 g/mol. The highest BCUT2D eigenvalue weighted by Gasteiger charge is 2.36.